The predicted octanol–water partition coefficient (Wildman–Crippen LogP) is 1.26. The maximum absolute atomic E-state index is 11.9. The van der Waals surface area contributed by atoms with Crippen molar-refractivity contribution in [3.05, 3.63) is 0 Å². The van der Waals surface area contributed by atoms with E-state index in [0.717, 1.165) is 13.1 Å². The molecule has 1 aliphatic heterocycles. The summed E-state index contributed by atoms with van der Waals surface area (Å²) in [5.74, 6) is 0.760. The van der Waals surface area contributed by atoms with Crippen molar-refractivity contribution in [1.82, 2.24) is 10.2 Å². The molecule has 4 nitrogen and oxygen atoms in total. The zero-order valence-electron chi connectivity index (χ0n) is 11.4. The fraction of sp³-hybridized carbons (Fsp3) is 0.923. The number of nitrogens with one attached hydrogen (secondary N) is 1. The maximum Gasteiger partial charge on any atom is 0.222 e. The SMILES string of the molecule is CC(C)OCCN(C)C(=O)CC1CCCNC1. The molecule has 0 aliphatic carbocycles. The van der Waals surface area contributed by atoms with Crippen LogP contribution in [0.5, 0.6) is 0 Å². The van der Waals surface area contributed by atoms with Crippen LogP contribution in [-0.4, -0.2) is 50.2 Å². The fourth-order valence-electron chi connectivity index (χ4n) is 2.05. The van der Waals surface area contributed by atoms with Gasteiger partial charge in [0.05, 0.1) is 12.7 Å². The Morgan fingerprint density at radius 3 is 2.88 bits per heavy atom. The minimum atomic E-state index is 0.237. The second kappa shape index (κ2) is 7.67. The average Bonchev–Trinajstić information content (AvgIpc) is 2.29. The van der Waals surface area contributed by atoms with Gasteiger partial charge in [-0.1, -0.05) is 0 Å². The summed E-state index contributed by atoms with van der Waals surface area (Å²) in [6.45, 7) is 7.43. The Balaban J connectivity index is 2.16. The Morgan fingerprint density at radius 1 is 1.53 bits per heavy atom. The molecule has 1 unspecified atom stereocenters. The highest BCUT2D eigenvalue weighted by atomic mass is 16.5. The van der Waals surface area contributed by atoms with Crippen molar-refractivity contribution in [3.63, 3.8) is 0 Å². The monoisotopic (exact) mass is 242 g/mol. The third kappa shape index (κ3) is 6.03. The van der Waals surface area contributed by atoms with E-state index in [1.807, 2.05) is 20.9 Å². The van der Waals surface area contributed by atoms with Crippen LogP contribution in [0.2, 0.25) is 0 Å². The molecule has 1 fully saturated rings. The normalized spacial score (nSPS) is 20.6. The van der Waals surface area contributed by atoms with E-state index in [-0.39, 0.29) is 12.0 Å². The second-order valence-corrected chi connectivity index (χ2v) is 5.15. The summed E-state index contributed by atoms with van der Waals surface area (Å²) < 4.78 is 5.45. The smallest absolute Gasteiger partial charge is 0.222 e. The molecule has 1 heterocycles. The first-order valence-electron chi connectivity index (χ1n) is 6.66. The van der Waals surface area contributed by atoms with Crippen LogP contribution in [0.4, 0.5) is 0 Å². The molecule has 4 heteroatoms. The maximum atomic E-state index is 11.9. The third-order valence-corrected chi connectivity index (χ3v) is 3.17. The van der Waals surface area contributed by atoms with E-state index in [4.69, 9.17) is 4.74 Å². The minimum Gasteiger partial charge on any atom is -0.377 e. The van der Waals surface area contributed by atoms with E-state index in [1.165, 1.54) is 12.8 Å². The number of rotatable bonds is 6. The highest BCUT2D eigenvalue weighted by molar-refractivity contribution is 5.76. The highest BCUT2D eigenvalue weighted by Crippen LogP contribution is 2.14. The molecule has 100 valence electrons. The molecule has 0 saturated carbocycles. The van der Waals surface area contributed by atoms with Gasteiger partial charge in [0.1, 0.15) is 0 Å². The van der Waals surface area contributed by atoms with Crippen molar-refractivity contribution in [3.8, 4) is 0 Å². The van der Waals surface area contributed by atoms with Gasteiger partial charge in [-0.3, -0.25) is 4.79 Å². The van der Waals surface area contributed by atoms with Crippen LogP contribution < -0.4 is 5.32 Å². The molecule has 0 aromatic heterocycles. The van der Waals surface area contributed by atoms with Gasteiger partial charge in [-0.2, -0.15) is 0 Å². The summed E-state index contributed by atoms with van der Waals surface area (Å²) in [5, 5.41) is 3.34. The molecule has 1 N–H and O–H groups in total. The van der Waals surface area contributed by atoms with Crippen molar-refractivity contribution >= 4 is 5.91 Å². The van der Waals surface area contributed by atoms with E-state index < -0.39 is 0 Å². The number of carbonyl (C=O) groups excluding carboxylic acids is 1. The lowest BCUT2D eigenvalue weighted by Crippen LogP contribution is -2.36. The Morgan fingerprint density at radius 2 is 2.29 bits per heavy atom. The first-order chi connectivity index (χ1) is 8.09. The molecular formula is C13H26N2O2. The van der Waals surface area contributed by atoms with Crippen molar-refractivity contribution in [2.45, 2.75) is 39.2 Å². The van der Waals surface area contributed by atoms with Gasteiger partial charge in [0.2, 0.25) is 5.91 Å². The molecule has 1 amide bonds. The van der Waals surface area contributed by atoms with Crippen LogP contribution in [0, 0.1) is 5.92 Å². The molecule has 1 rings (SSSR count). The molecule has 1 aliphatic rings. The zero-order chi connectivity index (χ0) is 12.7. The van der Waals surface area contributed by atoms with Gasteiger partial charge in [0.25, 0.3) is 0 Å². The number of hydrogen-bond donors (Lipinski definition) is 1. The number of nitrogens with zero attached hydrogens (tertiary/aromatic N) is 1. The van der Waals surface area contributed by atoms with Crippen LogP contribution in [0.3, 0.4) is 0 Å². The van der Waals surface area contributed by atoms with Gasteiger partial charge < -0.3 is 15.0 Å². The molecule has 0 aromatic rings. The van der Waals surface area contributed by atoms with Crippen LogP contribution in [0.1, 0.15) is 33.1 Å². The zero-order valence-corrected chi connectivity index (χ0v) is 11.4. The molecule has 1 saturated heterocycles. The number of amides is 1. The largest absolute Gasteiger partial charge is 0.377 e. The molecule has 0 bridgehead atoms. The second-order valence-electron chi connectivity index (χ2n) is 5.15. The van der Waals surface area contributed by atoms with Crippen LogP contribution in [-0.2, 0) is 9.53 Å². The number of hydrogen-bond acceptors (Lipinski definition) is 3. The number of piperidine rings is 1. The summed E-state index contributed by atoms with van der Waals surface area (Å²) in [4.78, 5) is 13.7. The first-order valence-corrected chi connectivity index (χ1v) is 6.66. The Labute approximate surface area is 105 Å². The number of carbonyl (C=O) groups is 1. The van der Waals surface area contributed by atoms with E-state index in [2.05, 4.69) is 5.32 Å². The van der Waals surface area contributed by atoms with Crippen LogP contribution in [0.15, 0.2) is 0 Å². The summed E-state index contributed by atoms with van der Waals surface area (Å²) >= 11 is 0. The average molecular weight is 242 g/mol. The number of ether oxygens (including phenoxy) is 1. The van der Waals surface area contributed by atoms with Gasteiger partial charge in [-0.15, -0.1) is 0 Å². The van der Waals surface area contributed by atoms with E-state index in [1.54, 1.807) is 4.90 Å². The predicted molar refractivity (Wildman–Crippen MR) is 68.9 cm³/mol. The standard InChI is InChI=1S/C13H26N2O2/c1-11(2)17-8-7-15(3)13(16)9-12-5-4-6-14-10-12/h11-12,14H,4-10H2,1-3H3. The van der Waals surface area contributed by atoms with E-state index in [9.17, 15) is 4.79 Å². The summed E-state index contributed by atoms with van der Waals surface area (Å²) in [5.41, 5.74) is 0. The Bertz CT molecular complexity index is 225. The van der Waals surface area contributed by atoms with E-state index >= 15 is 0 Å². The topological polar surface area (TPSA) is 41.6 Å². The minimum absolute atomic E-state index is 0.237. The summed E-state index contributed by atoms with van der Waals surface area (Å²) in [7, 11) is 1.86. The lowest BCUT2D eigenvalue weighted by Gasteiger charge is -2.25. The van der Waals surface area contributed by atoms with Crippen molar-refractivity contribution in [2.75, 3.05) is 33.3 Å². The first kappa shape index (κ1) is 14.5. The van der Waals surface area contributed by atoms with Crippen LogP contribution in [0.25, 0.3) is 0 Å². The molecular weight excluding hydrogens is 216 g/mol. The van der Waals surface area contributed by atoms with Gasteiger partial charge >= 0.3 is 0 Å². The lowest BCUT2D eigenvalue weighted by molar-refractivity contribution is -0.131. The summed E-state index contributed by atoms with van der Waals surface area (Å²) in [6, 6.07) is 0. The molecule has 17 heavy (non-hydrogen) atoms. The van der Waals surface area contributed by atoms with Crippen molar-refractivity contribution < 1.29 is 9.53 Å². The van der Waals surface area contributed by atoms with Gasteiger partial charge in [0.15, 0.2) is 0 Å². The summed E-state index contributed by atoms with van der Waals surface area (Å²) in [6.07, 6.45) is 3.28. The van der Waals surface area contributed by atoms with Gasteiger partial charge in [-0.25, -0.2) is 0 Å². The quantitative estimate of drug-likeness (QED) is 0.762. The van der Waals surface area contributed by atoms with Gasteiger partial charge in [0, 0.05) is 20.0 Å². The molecule has 1 atom stereocenters. The highest BCUT2D eigenvalue weighted by Gasteiger charge is 2.18. The van der Waals surface area contributed by atoms with E-state index in [0.29, 0.717) is 25.5 Å². The van der Waals surface area contributed by atoms with Crippen molar-refractivity contribution in [1.29, 1.82) is 0 Å². The lowest BCUT2D eigenvalue weighted by atomic mass is 9.96. The molecule has 0 radical (unpaired) electrons. The Kier molecular flexibility index (Phi) is 6.52. The van der Waals surface area contributed by atoms with Gasteiger partial charge in [-0.05, 0) is 45.7 Å². The third-order valence-electron chi connectivity index (χ3n) is 3.17. The van der Waals surface area contributed by atoms with Crippen molar-refractivity contribution in [2.24, 2.45) is 5.92 Å². The molecule has 0 spiro atoms. The Hall–Kier alpha value is -0.610. The fourth-order valence-corrected chi connectivity index (χ4v) is 2.05. The molecule has 0 aromatic carbocycles. The number of likely N-dealkylation sites (N-methyl/N-ethyl adjacent to an activating group) is 1. The van der Waals surface area contributed by atoms with Crippen LogP contribution >= 0.6 is 0 Å².